The van der Waals surface area contributed by atoms with Gasteiger partial charge in [-0.25, -0.2) is 4.39 Å². The Labute approximate surface area is 207 Å². The zero-order valence-electron chi connectivity index (χ0n) is 21.7. The number of ether oxygens (including phenoxy) is 1. The van der Waals surface area contributed by atoms with Crippen molar-refractivity contribution < 1.29 is 33.7 Å². The lowest BCUT2D eigenvalue weighted by molar-refractivity contribution is -0.232. The van der Waals surface area contributed by atoms with Crippen LogP contribution in [0.4, 0.5) is 4.39 Å². The Bertz CT molecular complexity index is 946. The van der Waals surface area contributed by atoms with Crippen molar-refractivity contribution in [2.75, 3.05) is 6.61 Å². The van der Waals surface area contributed by atoms with E-state index in [1.54, 1.807) is 19.9 Å². The molecule has 0 aromatic rings. The van der Waals surface area contributed by atoms with E-state index in [-0.39, 0.29) is 36.9 Å². The number of esters is 1. The summed E-state index contributed by atoms with van der Waals surface area (Å²) in [5.41, 5.74) is -5.01. The molecule has 0 spiro atoms. The van der Waals surface area contributed by atoms with Crippen molar-refractivity contribution >= 4 is 17.5 Å². The van der Waals surface area contributed by atoms with Crippen LogP contribution < -0.4 is 0 Å². The number of ketones is 2. The molecule has 4 aliphatic rings. The fourth-order valence-corrected chi connectivity index (χ4v) is 8.55. The lowest BCUT2D eigenvalue weighted by Gasteiger charge is -2.64. The first kappa shape index (κ1) is 26.5. The summed E-state index contributed by atoms with van der Waals surface area (Å²) < 4.78 is 22.6. The highest BCUT2D eigenvalue weighted by Crippen LogP contribution is 2.71. The van der Waals surface area contributed by atoms with Gasteiger partial charge in [0.15, 0.2) is 12.4 Å². The number of halogens is 1. The topological polar surface area (TPSA) is 101 Å². The molecular formula is C28H41FO6. The third-order valence-electron chi connectivity index (χ3n) is 10.5. The number of carbonyl (C=O) groups excluding carboxylic acids is 3. The van der Waals surface area contributed by atoms with Gasteiger partial charge in [0.05, 0.1) is 6.10 Å². The SMILES string of the molecule is CCCCC(=O)OCC(=O)[C@@]1(O)[C@@H](C)C[C@H]2[C@@H]3C[C@H](C)C4=CC(=O)CC[C@]4(C)[C@@]3(F)[C@@H](O)C[C@@]21C. The van der Waals surface area contributed by atoms with E-state index in [0.29, 0.717) is 25.7 Å². The van der Waals surface area contributed by atoms with Crippen LogP contribution in [0, 0.1) is 34.5 Å². The maximum absolute atomic E-state index is 17.4. The maximum Gasteiger partial charge on any atom is 0.306 e. The van der Waals surface area contributed by atoms with Gasteiger partial charge in [-0.1, -0.05) is 46.6 Å². The Balaban J connectivity index is 1.67. The molecule has 3 fully saturated rings. The number of aliphatic hydroxyl groups excluding tert-OH is 1. The van der Waals surface area contributed by atoms with Crippen LogP contribution in [0.1, 0.15) is 86.0 Å². The second-order valence-electron chi connectivity index (χ2n) is 12.2. The minimum atomic E-state index is -1.95. The molecule has 196 valence electrons. The number of allylic oxidation sites excluding steroid dienone is 1. The molecule has 4 aliphatic carbocycles. The van der Waals surface area contributed by atoms with Crippen LogP contribution in [0.3, 0.4) is 0 Å². The van der Waals surface area contributed by atoms with Gasteiger partial charge in [-0.15, -0.1) is 0 Å². The summed E-state index contributed by atoms with van der Waals surface area (Å²) in [5, 5.41) is 23.4. The number of carbonyl (C=O) groups is 3. The smallest absolute Gasteiger partial charge is 0.306 e. The highest BCUT2D eigenvalue weighted by molar-refractivity contribution is 5.92. The predicted octanol–water partition coefficient (Wildman–Crippen LogP) is 4.11. The molecule has 35 heavy (non-hydrogen) atoms. The van der Waals surface area contributed by atoms with E-state index in [1.807, 2.05) is 20.8 Å². The summed E-state index contributed by atoms with van der Waals surface area (Å²) in [6, 6.07) is 0. The highest BCUT2D eigenvalue weighted by atomic mass is 19.1. The van der Waals surface area contributed by atoms with E-state index >= 15 is 4.39 Å². The second kappa shape index (κ2) is 8.76. The molecule has 0 amide bonds. The first-order valence-corrected chi connectivity index (χ1v) is 13.3. The number of hydrogen-bond acceptors (Lipinski definition) is 6. The third kappa shape index (κ3) is 3.51. The lowest BCUT2D eigenvalue weighted by Crippen LogP contribution is -2.70. The second-order valence-corrected chi connectivity index (χ2v) is 12.2. The summed E-state index contributed by atoms with van der Waals surface area (Å²) in [6.07, 6.45) is 3.36. The summed E-state index contributed by atoms with van der Waals surface area (Å²) in [7, 11) is 0. The first-order chi connectivity index (χ1) is 16.3. The third-order valence-corrected chi connectivity index (χ3v) is 10.5. The van der Waals surface area contributed by atoms with Crippen LogP contribution in [0.15, 0.2) is 11.6 Å². The molecule has 0 heterocycles. The standard InChI is InChI=1S/C28H41FO6/c1-6-7-8-24(33)35-15-23(32)28(34)17(3)12-20-21-11-16(2)19-13-18(30)9-10-25(19,4)27(21,29)22(31)14-26(20,28)5/h13,16-17,20-22,31,34H,6-12,14-15H2,1-5H3/t16-,17-,20-,21-,22-,25-,26-,27-,28-/m0/s1. The van der Waals surface area contributed by atoms with Gasteiger partial charge in [0.2, 0.25) is 5.78 Å². The zero-order chi connectivity index (χ0) is 26.0. The number of aliphatic hydroxyl groups is 2. The van der Waals surface area contributed by atoms with E-state index in [2.05, 4.69) is 0 Å². The molecule has 0 saturated heterocycles. The molecule has 0 unspecified atom stereocenters. The quantitative estimate of drug-likeness (QED) is 0.541. The van der Waals surface area contributed by atoms with Crippen LogP contribution in [-0.4, -0.2) is 51.7 Å². The molecule has 2 N–H and O–H groups in total. The van der Waals surface area contributed by atoms with E-state index < -0.39 is 58.4 Å². The van der Waals surface area contributed by atoms with Crippen molar-refractivity contribution in [3.63, 3.8) is 0 Å². The van der Waals surface area contributed by atoms with E-state index in [0.717, 1.165) is 12.0 Å². The van der Waals surface area contributed by atoms with Crippen LogP contribution in [-0.2, 0) is 19.1 Å². The lowest BCUT2D eigenvalue weighted by atomic mass is 9.42. The molecule has 0 aliphatic heterocycles. The average molecular weight is 493 g/mol. The van der Waals surface area contributed by atoms with Crippen LogP contribution >= 0.6 is 0 Å². The highest BCUT2D eigenvalue weighted by Gasteiger charge is 2.76. The largest absolute Gasteiger partial charge is 0.458 e. The Morgan fingerprint density at radius 2 is 1.89 bits per heavy atom. The Hall–Kier alpha value is -1.60. The number of rotatable bonds is 6. The molecule has 0 radical (unpaired) electrons. The molecule has 0 aromatic heterocycles. The fraction of sp³-hybridized carbons (Fsp3) is 0.821. The minimum absolute atomic E-state index is 0.00413. The fourth-order valence-electron chi connectivity index (χ4n) is 8.55. The number of hydrogen-bond donors (Lipinski definition) is 2. The van der Waals surface area contributed by atoms with Gasteiger partial charge in [-0.2, -0.15) is 0 Å². The Morgan fingerprint density at radius 1 is 1.20 bits per heavy atom. The van der Waals surface area contributed by atoms with Crippen molar-refractivity contribution in [2.45, 2.75) is 103 Å². The molecule has 0 aromatic carbocycles. The van der Waals surface area contributed by atoms with Crippen molar-refractivity contribution in [3.05, 3.63) is 11.6 Å². The van der Waals surface area contributed by atoms with Gasteiger partial charge in [-0.05, 0) is 55.9 Å². The molecule has 4 rings (SSSR count). The van der Waals surface area contributed by atoms with Crippen LogP contribution in [0.5, 0.6) is 0 Å². The van der Waals surface area contributed by atoms with Gasteiger partial charge >= 0.3 is 5.97 Å². The number of unbranched alkanes of at least 4 members (excludes halogenated alkanes) is 1. The molecule has 3 saturated carbocycles. The van der Waals surface area contributed by atoms with E-state index in [1.165, 1.54) is 0 Å². The van der Waals surface area contributed by atoms with Gasteiger partial charge in [-0.3, -0.25) is 14.4 Å². The van der Waals surface area contributed by atoms with Crippen LogP contribution in [0.2, 0.25) is 0 Å². The number of Topliss-reactive ketones (excluding diaryl/α,β-unsaturated/α-hetero) is 1. The van der Waals surface area contributed by atoms with Crippen molar-refractivity contribution in [1.29, 1.82) is 0 Å². The summed E-state index contributed by atoms with van der Waals surface area (Å²) in [5.74, 6) is -2.43. The van der Waals surface area contributed by atoms with Gasteiger partial charge < -0.3 is 14.9 Å². The van der Waals surface area contributed by atoms with Crippen molar-refractivity contribution in [3.8, 4) is 0 Å². The molecule has 7 heteroatoms. The molecule has 9 atom stereocenters. The zero-order valence-corrected chi connectivity index (χ0v) is 21.7. The maximum atomic E-state index is 17.4. The predicted molar refractivity (Wildman–Crippen MR) is 128 cm³/mol. The summed E-state index contributed by atoms with van der Waals surface area (Å²) in [4.78, 5) is 37.6. The van der Waals surface area contributed by atoms with Gasteiger partial charge in [0.25, 0.3) is 0 Å². The molecular weight excluding hydrogens is 451 g/mol. The first-order valence-electron chi connectivity index (χ1n) is 13.3. The number of alkyl halides is 1. The summed E-state index contributed by atoms with van der Waals surface area (Å²) >= 11 is 0. The average Bonchev–Trinajstić information content (AvgIpc) is 3.00. The minimum Gasteiger partial charge on any atom is -0.458 e. The van der Waals surface area contributed by atoms with Crippen LogP contribution in [0.25, 0.3) is 0 Å². The van der Waals surface area contributed by atoms with Crippen molar-refractivity contribution in [2.24, 2.45) is 34.5 Å². The molecule has 6 nitrogen and oxygen atoms in total. The van der Waals surface area contributed by atoms with E-state index in [4.69, 9.17) is 4.74 Å². The monoisotopic (exact) mass is 492 g/mol. The molecule has 0 bridgehead atoms. The van der Waals surface area contributed by atoms with Gasteiger partial charge in [0.1, 0.15) is 11.3 Å². The Morgan fingerprint density at radius 3 is 2.54 bits per heavy atom. The van der Waals surface area contributed by atoms with Gasteiger partial charge in [0, 0.05) is 29.6 Å². The van der Waals surface area contributed by atoms with Crippen molar-refractivity contribution in [1.82, 2.24) is 0 Å². The number of fused-ring (bicyclic) bond motifs is 5. The Kier molecular flexibility index (Phi) is 6.62. The normalized spacial score (nSPS) is 46.8. The summed E-state index contributed by atoms with van der Waals surface area (Å²) in [6.45, 7) is 8.88. The van der Waals surface area contributed by atoms with E-state index in [9.17, 15) is 24.6 Å².